The number of nitrogens with one attached hydrogen (secondary N) is 1. The van der Waals surface area contributed by atoms with Crippen LogP contribution >= 0.6 is 0 Å². The van der Waals surface area contributed by atoms with Crippen LogP contribution in [0, 0.1) is 11.8 Å². The van der Waals surface area contributed by atoms with E-state index in [2.05, 4.69) is 22.0 Å². The number of aromatic nitrogens is 2. The number of carbonyl (C=O) groups excluding carboxylic acids is 1. The summed E-state index contributed by atoms with van der Waals surface area (Å²) in [6.45, 7) is 13.7. The molecule has 2 aromatic rings. The van der Waals surface area contributed by atoms with E-state index < -0.39 is 6.04 Å². The monoisotopic (exact) mass is 453 g/mol. The molecule has 1 N–H and O–H groups in total. The highest BCUT2D eigenvalue weighted by atomic mass is 16.5. The summed E-state index contributed by atoms with van der Waals surface area (Å²) in [5.74, 6) is 2.16. The van der Waals surface area contributed by atoms with Crippen molar-refractivity contribution in [2.75, 3.05) is 38.1 Å². The second-order valence-corrected chi connectivity index (χ2v) is 9.91. The summed E-state index contributed by atoms with van der Waals surface area (Å²) in [6, 6.07) is 8.30. The highest BCUT2D eigenvalue weighted by Gasteiger charge is 2.31. The molecule has 2 heterocycles. The molecule has 2 fully saturated rings. The van der Waals surface area contributed by atoms with Crippen molar-refractivity contribution in [1.29, 1.82) is 0 Å². The van der Waals surface area contributed by atoms with Gasteiger partial charge in [0.2, 0.25) is 0 Å². The Hall–Kier alpha value is -2.25. The van der Waals surface area contributed by atoms with Crippen LogP contribution in [0.25, 0.3) is 10.9 Å². The summed E-state index contributed by atoms with van der Waals surface area (Å²) in [6.07, 6.45) is 4.09. The lowest BCUT2D eigenvalue weighted by atomic mass is 10.0. The van der Waals surface area contributed by atoms with E-state index in [-0.39, 0.29) is 11.9 Å². The largest absolute Gasteiger partial charge is 0.464 e. The molecular formula is C26H39N5O2. The van der Waals surface area contributed by atoms with Gasteiger partial charge in [-0.1, -0.05) is 39.3 Å². The first-order chi connectivity index (χ1) is 16.0. The summed E-state index contributed by atoms with van der Waals surface area (Å²) in [7, 11) is 0. The highest BCUT2D eigenvalue weighted by Crippen LogP contribution is 2.30. The van der Waals surface area contributed by atoms with Gasteiger partial charge in [-0.05, 0) is 43.7 Å². The third kappa shape index (κ3) is 5.64. The zero-order chi connectivity index (χ0) is 23.4. The van der Waals surface area contributed by atoms with Crippen LogP contribution in [0.15, 0.2) is 24.3 Å². The van der Waals surface area contributed by atoms with Crippen molar-refractivity contribution in [1.82, 2.24) is 19.8 Å². The Morgan fingerprint density at radius 3 is 2.58 bits per heavy atom. The first-order valence-electron chi connectivity index (χ1n) is 12.6. The van der Waals surface area contributed by atoms with E-state index >= 15 is 0 Å². The summed E-state index contributed by atoms with van der Waals surface area (Å²) in [4.78, 5) is 27.4. The van der Waals surface area contributed by atoms with Crippen LogP contribution in [0.4, 0.5) is 5.82 Å². The second-order valence-electron chi connectivity index (χ2n) is 9.91. The third-order valence-electron chi connectivity index (χ3n) is 7.21. The number of piperazine rings is 1. The molecule has 1 aliphatic heterocycles. The molecular weight excluding hydrogens is 414 g/mol. The van der Waals surface area contributed by atoms with Crippen LogP contribution < -0.4 is 5.32 Å². The number of hydrogen-bond donors (Lipinski definition) is 1. The summed E-state index contributed by atoms with van der Waals surface area (Å²) >= 11 is 0. The van der Waals surface area contributed by atoms with Crippen LogP contribution in [0.3, 0.4) is 0 Å². The number of carbonyl (C=O) groups is 1. The molecule has 4 rings (SSSR count). The van der Waals surface area contributed by atoms with Gasteiger partial charge in [0.1, 0.15) is 17.7 Å². The lowest BCUT2D eigenvalue weighted by molar-refractivity contribution is -0.145. The molecule has 1 saturated heterocycles. The van der Waals surface area contributed by atoms with Crippen LogP contribution in [0.5, 0.6) is 0 Å². The Kier molecular flexibility index (Phi) is 7.81. The predicted octanol–water partition coefficient (Wildman–Crippen LogP) is 3.94. The summed E-state index contributed by atoms with van der Waals surface area (Å²) in [5, 5.41) is 4.31. The number of rotatable bonds is 8. The molecule has 7 heteroatoms. The van der Waals surface area contributed by atoms with Gasteiger partial charge in [-0.3, -0.25) is 9.80 Å². The first kappa shape index (κ1) is 23.9. The van der Waals surface area contributed by atoms with Gasteiger partial charge in [0.15, 0.2) is 0 Å². The molecule has 2 aliphatic rings. The lowest BCUT2D eigenvalue weighted by Crippen LogP contribution is -2.50. The molecule has 0 amide bonds. The minimum Gasteiger partial charge on any atom is -0.464 e. The van der Waals surface area contributed by atoms with E-state index in [4.69, 9.17) is 14.7 Å². The molecule has 1 aromatic carbocycles. The number of esters is 1. The molecule has 2 unspecified atom stereocenters. The van der Waals surface area contributed by atoms with Crippen molar-refractivity contribution in [3.8, 4) is 0 Å². The van der Waals surface area contributed by atoms with Crippen molar-refractivity contribution in [2.24, 2.45) is 11.8 Å². The molecule has 33 heavy (non-hydrogen) atoms. The third-order valence-corrected chi connectivity index (χ3v) is 7.21. The Labute approximate surface area is 197 Å². The van der Waals surface area contributed by atoms with Crippen molar-refractivity contribution < 1.29 is 9.53 Å². The number of anilines is 1. The molecule has 1 aromatic heterocycles. The van der Waals surface area contributed by atoms with Crippen LogP contribution in [-0.2, 0) is 16.1 Å². The molecule has 180 valence electrons. The molecule has 0 bridgehead atoms. The van der Waals surface area contributed by atoms with E-state index in [0.717, 1.165) is 61.4 Å². The zero-order valence-electron chi connectivity index (χ0n) is 20.6. The summed E-state index contributed by atoms with van der Waals surface area (Å²) < 4.78 is 5.30. The molecule has 7 nitrogen and oxygen atoms in total. The van der Waals surface area contributed by atoms with Gasteiger partial charge in [0.05, 0.1) is 18.7 Å². The Morgan fingerprint density at radius 2 is 1.91 bits per heavy atom. The van der Waals surface area contributed by atoms with Crippen LogP contribution in [-0.4, -0.2) is 70.6 Å². The van der Waals surface area contributed by atoms with E-state index in [1.165, 1.54) is 19.3 Å². The average Bonchev–Trinajstić information content (AvgIpc) is 3.23. The highest BCUT2D eigenvalue weighted by molar-refractivity contribution is 5.91. The molecule has 0 spiro atoms. The Bertz CT molecular complexity index is 941. The fraction of sp³-hybridized carbons (Fsp3) is 0.654. The predicted molar refractivity (Wildman–Crippen MR) is 132 cm³/mol. The molecule has 1 saturated carbocycles. The SMILES string of the molecule is CCOC(=O)[C@@H](Nc1nc(CN2CCN(C3CCCC3C)CC2)nc2ccccc12)C(C)C. The minimum absolute atomic E-state index is 0.0762. The Morgan fingerprint density at radius 1 is 1.15 bits per heavy atom. The van der Waals surface area contributed by atoms with Gasteiger partial charge in [0.25, 0.3) is 0 Å². The standard InChI is InChI=1S/C26H39N5O2/c1-5-33-26(32)24(18(2)3)29-25-20-10-6-7-11-21(20)27-23(28-25)17-30-13-15-31(16-14-30)22-12-8-9-19(22)4/h6-7,10-11,18-19,22,24H,5,8-9,12-17H2,1-4H3,(H,27,28,29)/t19?,22?,24-/m0/s1. The second kappa shape index (κ2) is 10.8. The number of fused-ring (bicyclic) bond motifs is 1. The molecule has 1 aliphatic carbocycles. The number of benzene rings is 1. The molecule has 0 radical (unpaired) electrons. The number of hydrogen-bond acceptors (Lipinski definition) is 7. The minimum atomic E-state index is -0.451. The lowest BCUT2D eigenvalue weighted by Gasteiger charge is -2.39. The van der Waals surface area contributed by atoms with E-state index in [9.17, 15) is 4.79 Å². The van der Waals surface area contributed by atoms with Gasteiger partial charge < -0.3 is 10.1 Å². The van der Waals surface area contributed by atoms with Crippen molar-refractivity contribution in [3.63, 3.8) is 0 Å². The fourth-order valence-electron chi connectivity index (χ4n) is 5.30. The topological polar surface area (TPSA) is 70.6 Å². The maximum atomic E-state index is 12.5. The zero-order valence-corrected chi connectivity index (χ0v) is 20.6. The maximum absolute atomic E-state index is 12.5. The fourth-order valence-corrected chi connectivity index (χ4v) is 5.30. The van der Waals surface area contributed by atoms with Crippen LogP contribution in [0.1, 0.15) is 52.8 Å². The number of ether oxygens (including phenoxy) is 1. The maximum Gasteiger partial charge on any atom is 0.328 e. The number of nitrogens with zero attached hydrogens (tertiary/aromatic N) is 4. The van der Waals surface area contributed by atoms with E-state index in [1.807, 2.05) is 45.0 Å². The number of para-hydroxylation sites is 1. The van der Waals surface area contributed by atoms with E-state index in [1.54, 1.807) is 0 Å². The molecule has 3 atom stereocenters. The average molecular weight is 454 g/mol. The quantitative estimate of drug-likeness (QED) is 0.607. The van der Waals surface area contributed by atoms with Crippen molar-refractivity contribution in [2.45, 2.75) is 65.6 Å². The van der Waals surface area contributed by atoms with Crippen molar-refractivity contribution >= 4 is 22.7 Å². The Balaban J connectivity index is 1.49. The first-order valence-corrected chi connectivity index (χ1v) is 12.6. The summed E-state index contributed by atoms with van der Waals surface area (Å²) in [5.41, 5.74) is 0.898. The van der Waals surface area contributed by atoms with Crippen LogP contribution in [0.2, 0.25) is 0 Å². The van der Waals surface area contributed by atoms with E-state index in [0.29, 0.717) is 12.4 Å². The smallest absolute Gasteiger partial charge is 0.328 e. The van der Waals surface area contributed by atoms with Gasteiger partial charge in [-0.2, -0.15) is 0 Å². The van der Waals surface area contributed by atoms with Gasteiger partial charge in [-0.15, -0.1) is 0 Å². The van der Waals surface area contributed by atoms with Crippen molar-refractivity contribution in [3.05, 3.63) is 30.1 Å². The van der Waals surface area contributed by atoms with Gasteiger partial charge in [0, 0.05) is 37.6 Å². The van der Waals surface area contributed by atoms with Gasteiger partial charge in [-0.25, -0.2) is 14.8 Å². The van der Waals surface area contributed by atoms with Gasteiger partial charge >= 0.3 is 5.97 Å². The normalized spacial score (nSPS) is 23.2.